The van der Waals surface area contributed by atoms with E-state index < -0.39 is 5.92 Å². The lowest BCUT2D eigenvalue weighted by Gasteiger charge is -2.27. The quantitative estimate of drug-likeness (QED) is 0.571. The molecular weight excluding hydrogens is 400 g/mol. The second-order valence-corrected chi connectivity index (χ2v) is 8.29. The van der Waals surface area contributed by atoms with Gasteiger partial charge in [0.15, 0.2) is 0 Å². The molecule has 0 saturated carbocycles. The molecule has 32 heavy (non-hydrogen) atoms. The Labute approximate surface area is 189 Å². The molecule has 0 radical (unpaired) electrons. The Balaban J connectivity index is 1.61. The molecular formula is C27H30N2O3. The van der Waals surface area contributed by atoms with Crippen LogP contribution < -0.4 is 10.1 Å². The normalized spacial score (nSPS) is 17.3. The molecule has 2 atom stereocenters. The van der Waals surface area contributed by atoms with E-state index in [0.29, 0.717) is 13.1 Å². The van der Waals surface area contributed by atoms with E-state index in [0.717, 1.165) is 35.4 Å². The molecule has 1 aliphatic heterocycles. The summed E-state index contributed by atoms with van der Waals surface area (Å²) in [4.78, 5) is 15.9. The monoisotopic (exact) mass is 430 g/mol. The molecule has 3 aromatic rings. The number of carbonyl (C=O) groups is 1. The molecule has 166 valence electrons. The Hall–Kier alpha value is -3.15. The van der Waals surface area contributed by atoms with Gasteiger partial charge in [0.2, 0.25) is 5.91 Å². The molecule has 1 heterocycles. The third kappa shape index (κ3) is 5.36. The highest BCUT2D eigenvalue weighted by Crippen LogP contribution is 2.27. The standard InChI is InChI=1S/C27H30N2O3/c1-32-24-14-12-20(13-15-24)25(19-29-17-16-23(30)18-29)28-27(31)26(21-8-4-2-5-9-21)22-10-6-3-7-11-22/h2-15,23,25-26,30H,16-19H2,1H3,(H,28,31)/t23-,25+/m0/s1. The van der Waals surface area contributed by atoms with Crippen molar-refractivity contribution in [3.8, 4) is 5.75 Å². The number of rotatable bonds is 8. The summed E-state index contributed by atoms with van der Waals surface area (Å²) >= 11 is 0. The highest BCUT2D eigenvalue weighted by atomic mass is 16.5. The summed E-state index contributed by atoms with van der Waals surface area (Å²) in [6.07, 6.45) is 0.462. The zero-order chi connectivity index (χ0) is 22.3. The summed E-state index contributed by atoms with van der Waals surface area (Å²) in [6, 6.07) is 27.4. The van der Waals surface area contributed by atoms with E-state index in [1.54, 1.807) is 7.11 Å². The van der Waals surface area contributed by atoms with Crippen molar-refractivity contribution < 1.29 is 14.6 Å². The van der Waals surface area contributed by atoms with Gasteiger partial charge in [-0.1, -0.05) is 72.8 Å². The molecule has 1 fully saturated rings. The van der Waals surface area contributed by atoms with E-state index in [1.165, 1.54) is 0 Å². The smallest absolute Gasteiger partial charge is 0.232 e. The maximum atomic E-state index is 13.7. The van der Waals surface area contributed by atoms with Crippen LogP contribution in [0.4, 0.5) is 0 Å². The molecule has 0 aliphatic carbocycles. The first-order valence-corrected chi connectivity index (χ1v) is 11.1. The summed E-state index contributed by atoms with van der Waals surface area (Å²) in [7, 11) is 1.64. The molecule has 0 unspecified atom stereocenters. The van der Waals surface area contributed by atoms with Crippen molar-refractivity contribution in [2.75, 3.05) is 26.7 Å². The lowest BCUT2D eigenvalue weighted by Crippen LogP contribution is -2.39. The first-order chi connectivity index (χ1) is 15.6. The lowest BCUT2D eigenvalue weighted by atomic mass is 9.90. The largest absolute Gasteiger partial charge is 0.497 e. The van der Waals surface area contributed by atoms with Gasteiger partial charge in [-0.3, -0.25) is 9.69 Å². The fourth-order valence-corrected chi connectivity index (χ4v) is 4.35. The van der Waals surface area contributed by atoms with Gasteiger partial charge in [-0.15, -0.1) is 0 Å². The zero-order valence-electron chi connectivity index (χ0n) is 18.4. The SMILES string of the molecule is COc1ccc([C@@H](CN2CC[C@H](O)C2)NC(=O)C(c2ccccc2)c2ccccc2)cc1. The van der Waals surface area contributed by atoms with Crippen molar-refractivity contribution in [3.05, 3.63) is 102 Å². The van der Waals surface area contributed by atoms with Crippen LogP contribution in [0.25, 0.3) is 0 Å². The maximum absolute atomic E-state index is 13.7. The Kier molecular flexibility index (Phi) is 7.20. The molecule has 5 heteroatoms. The lowest BCUT2D eigenvalue weighted by molar-refractivity contribution is -0.122. The molecule has 5 nitrogen and oxygen atoms in total. The average Bonchev–Trinajstić information content (AvgIpc) is 3.25. The Bertz CT molecular complexity index is 953. The molecule has 3 aromatic carbocycles. The zero-order valence-corrected chi connectivity index (χ0v) is 18.4. The number of methoxy groups -OCH3 is 1. The van der Waals surface area contributed by atoms with Gasteiger partial charge in [0.1, 0.15) is 5.75 Å². The van der Waals surface area contributed by atoms with Crippen molar-refractivity contribution in [3.63, 3.8) is 0 Å². The summed E-state index contributed by atoms with van der Waals surface area (Å²) in [5.41, 5.74) is 2.93. The van der Waals surface area contributed by atoms with Crippen LogP contribution in [0.15, 0.2) is 84.9 Å². The van der Waals surface area contributed by atoms with Crippen molar-refractivity contribution in [1.82, 2.24) is 10.2 Å². The Morgan fingerprint density at radius 2 is 1.56 bits per heavy atom. The van der Waals surface area contributed by atoms with Crippen LogP contribution in [0, 0.1) is 0 Å². The second-order valence-electron chi connectivity index (χ2n) is 8.29. The molecule has 2 N–H and O–H groups in total. The molecule has 0 aromatic heterocycles. The van der Waals surface area contributed by atoms with Crippen molar-refractivity contribution in [1.29, 1.82) is 0 Å². The average molecular weight is 431 g/mol. The second kappa shape index (κ2) is 10.4. The minimum Gasteiger partial charge on any atom is -0.497 e. The number of hydrogen-bond donors (Lipinski definition) is 2. The van der Waals surface area contributed by atoms with E-state index in [2.05, 4.69) is 10.2 Å². The fourth-order valence-electron chi connectivity index (χ4n) is 4.35. The number of aliphatic hydroxyl groups excluding tert-OH is 1. The fraction of sp³-hybridized carbons (Fsp3) is 0.296. The predicted octanol–water partition coefficient (Wildman–Crippen LogP) is 3.75. The van der Waals surface area contributed by atoms with Gasteiger partial charge in [-0.05, 0) is 35.2 Å². The van der Waals surface area contributed by atoms with E-state index in [-0.39, 0.29) is 18.1 Å². The Morgan fingerprint density at radius 3 is 2.06 bits per heavy atom. The highest BCUT2D eigenvalue weighted by molar-refractivity contribution is 5.87. The van der Waals surface area contributed by atoms with Gasteiger partial charge in [0.25, 0.3) is 0 Å². The third-order valence-electron chi connectivity index (χ3n) is 6.05. The van der Waals surface area contributed by atoms with Gasteiger partial charge in [-0.25, -0.2) is 0 Å². The number of likely N-dealkylation sites (tertiary alicyclic amines) is 1. The number of nitrogens with zero attached hydrogens (tertiary/aromatic N) is 1. The minimum atomic E-state index is -0.401. The van der Waals surface area contributed by atoms with Crippen molar-refractivity contribution in [2.45, 2.75) is 24.5 Å². The highest BCUT2D eigenvalue weighted by Gasteiger charge is 2.28. The van der Waals surface area contributed by atoms with Crippen LogP contribution >= 0.6 is 0 Å². The van der Waals surface area contributed by atoms with Crippen LogP contribution in [0.5, 0.6) is 5.75 Å². The number of carbonyl (C=O) groups excluding carboxylic acids is 1. The van der Waals surface area contributed by atoms with Crippen molar-refractivity contribution >= 4 is 5.91 Å². The molecule has 1 saturated heterocycles. The number of ether oxygens (including phenoxy) is 1. The van der Waals surface area contributed by atoms with E-state index in [4.69, 9.17) is 4.74 Å². The number of β-amino-alcohol motifs (C(OH)–C–C–N with tert-alkyl or cyclic N) is 1. The van der Waals surface area contributed by atoms with E-state index in [9.17, 15) is 9.90 Å². The molecule has 4 rings (SSSR count). The number of nitrogens with one attached hydrogen (secondary N) is 1. The summed E-state index contributed by atoms with van der Waals surface area (Å²) in [6.45, 7) is 2.10. The van der Waals surface area contributed by atoms with E-state index >= 15 is 0 Å². The third-order valence-corrected chi connectivity index (χ3v) is 6.05. The van der Waals surface area contributed by atoms with Crippen LogP contribution in [0.1, 0.15) is 35.1 Å². The molecule has 0 bridgehead atoms. The topological polar surface area (TPSA) is 61.8 Å². The van der Waals surface area contributed by atoms with Gasteiger partial charge >= 0.3 is 0 Å². The van der Waals surface area contributed by atoms with Crippen LogP contribution in [0.2, 0.25) is 0 Å². The van der Waals surface area contributed by atoms with E-state index in [1.807, 2.05) is 84.9 Å². The van der Waals surface area contributed by atoms with Crippen LogP contribution in [0.3, 0.4) is 0 Å². The van der Waals surface area contributed by atoms with Crippen molar-refractivity contribution in [2.24, 2.45) is 0 Å². The number of amides is 1. The molecule has 0 spiro atoms. The number of hydrogen-bond acceptors (Lipinski definition) is 4. The first kappa shape index (κ1) is 22.1. The summed E-state index contributed by atoms with van der Waals surface area (Å²) in [5.74, 6) is 0.340. The molecule has 1 aliphatic rings. The number of benzene rings is 3. The summed E-state index contributed by atoms with van der Waals surface area (Å²) in [5, 5.41) is 13.3. The van der Waals surface area contributed by atoms with Gasteiger partial charge in [0.05, 0.1) is 25.2 Å². The first-order valence-electron chi connectivity index (χ1n) is 11.1. The number of aliphatic hydroxyl groups is 1. The molecule has 1 amide bonds. The Morgan fingerprint density at radius 1 is 0.969 bits per heavy atom. The summed E-state index contributed by atoms with van der Waals surface area (Å²) < 4.78 is 5.30. The van der Waals surface area contributed by atoms with Gasteiger partial charge in [0, 0.05) is 19.6 Å². The van der Waals surface area contributed by atoms with Gasteiger partial charge < -0.3 is 15.2 Å². The maximum Gasteiger partial charge on any atom is 0.232 e. The van der Waals surface area contributed by atoms with Crippen LogP contribution in [-0.4, -0.2) is 48.8 Å². The van der Waals surface area contributed by atoms with Crippen LogP contribution in [-0.2, 0) is 4.79 Å². The van der Waals surface area contributed by atoms with Gasteiger partial charge in [-0.2, -0.15) is 0 Å². The predicted molar refractivity (Wildman–Crippen MR) is 126 cm³/mol. The minimum absolute atomic E-state index is 0.0389.